The molecule has 0 saturated carbocycles. The zero-order valence-electron chi connectivity index (χ0n) is 12.2. The molecule has 0 spiro atoms. The summed E-state index contributed by atoms with van der Waals surface area (Å²) in [5.41, 5.74) is 2.48. The van der Waals surface area contributed by atoms with Gasteiger partial charge in [0.2, 0.25) is 0 Å². The number of nitrogens with zero attached hydrogens (tertiary/aromatic N) is 2. The fourth-order valence-electron chi connectivity index (χ4n) is 3.27. The number of piperazine rings is 1. The lowest BCUT2D eigenvalue weighted by atomic mass is 10.1. The van der Waals surface area contributed by atoms with Crippen LogP contribution in [0.3, 0.4) is 0 Å². The maximum absolute atomic E-state index is 13.2. The average Bonchev–Trinajstić information content (AvgIpc) is 2.83. The van der Waals surface area contributed by atoms with E-state index in [0.29, 0.717) is 6.04 Å². The second-order valence-electron chi connectivity index (χ2n) is 6.03. The van der Waals surface area contributed by atoms with Gasteiger partial charge in [0.05, 0.1) is 0 Å². The quantitative estimate of drug-likeness (QED) is 0.903. The van der Waals surface area contributed by atoms with Crippen molar-refractivity contribution in [2.24, 2.45) is 0 Å². The molecule has 0 amide bonds. The van der Waals surface area contributed by atoms with Gasteiger partial charge < -0.3 is 10.2 Å². The summed E-state index contributed by atoms with van der Waals surface area (Å²) >= 11 is 0. The molecule has 1 saturated heterocycles. The van der Waals surface area contributed by atoms with E-state index in [0.717, 1.165) is 25.9 Å². The highest BCUT2D eigenvalue weighted by Crippen LogP contribution is 2.31. The van der Waals surface area contributed by atoms with Crippen LogP contribution in [0.5, 0.6) is 0 Å². The summed E-state index contributed by atoms with van der Waals surface area (Å²) in [5, 5.41) is 3.64. The van der Waals surface area contributed by atoms with Gasteiger partial charge in [0, 0.05) is 45.3 Å². The normalized spacial score (nSPS) is 24.0. The van der Waals surface area contributed by atoms with Crippen LogP contribution in [0.1, 0.15) is 23.6 Å². The molecule has 110 valence electrons. The molecule has 1 heterocycles. The number of likely N-dealkylation sites (N-methyl/N-ethyl adjacent to an activating group) is 1. The lowest BCUT2D eigenvalue weighted by Crippen LogP contribution is -2.46. The van der Waals surface area contributed by atoms with Gasteiger partial charge in [-0.05, 0) is 43.1 Å². The minimum Gasteiger partial charge on any atom is -0.309 e. The minimum atomic E-state index is -0.109. The van der Waals surface area contributed by atoms with Gasteiger partial charge in [-0.1, -0.05) is 6.07 Å². The number of halogens is 1. The first-order valence-electron chi connectivity index (χ1n) is 7.65. The maximum Gasteiger partial charge on any atom is 0.123 e. The van der Waals surface area contributed by atoms with Gasteiger partial charge in [0.15, 0.2) is 0 Å². The van der Waals surface area contributed by atoms with Crippen molar-refractivity contribution in [1.82, 2.24) is 15.1 Å². The lowest BCUT2D eigenvalue weighted by molar-refractivity contribution is 0.153. The van der Waals surface area contributed by atoms with Crippen molar-refractivity contribution >= 4 is 0 Å². The van der Waals surface area contributed by atoms with Crippen LogP contribution < -0.4 is 5.32 Å². The Morgan fingerprint density at radius 1 is 1.25 bits per heavy atom. The van der Waals surface area contributed by atoms with Gasteiger partial charge in [-0.25, -0.2) is 4.39 Å². The lowest BCUT2D eigenvalue weighted by Gasteiger charge is -2.32. The summed E-state index contributed by atoms with van der Waals surface area (Å²) in [4.78, 5) is 4.90. The van der Waals surface area contributed by atoms with Gasteiger partial charge >= 0.3 is 0 Å². The SMILES string of the molecule is CN1CCN(CCNC2CCc3cc(F)ccc32)CC1. The molecular formula is C16H24FN3. The van der Waals surface area contributed by atoms with E-state index >= 15 is 0 Å². The summed E-state index contributed by atoms with van der Waals surface area (Å²) < 4.78 is 13.2. The number of hydrogen-bond donors (Lipinski definition) is 1. The summed E-state index contributed by atoms with van der Waals surface area (Å²) in [5.74, 6) is -0.109. The number of fused-ring (bicyclic) bond motifs is 1. The van der Waals surface area contributed by atoms with Crippen LogP contribution in [-0.2, 0) is 6.42 Å². The first kappa shape index (κ1) is 14.0. The summed E-state index contributed by atoms with van der Waals surface area (Å²) in [6.45, 7) is 6.82. The largest absolute Gasteiger partial charge is 0.309 e. The Labute approximate surface area is 120 Å². The molecule has 1 atom stereocenters. The molecule has 2 aliphatic rings. The van der Waals surface area contributed by atoms with E-state index in [1.807, 2.05) is 6.07 Å². The molecule has 1 unspecified atom stereocenters. The molecular weight excluding hydrogens is 253 g/mol. The van der Waals surface area contributed by atoms with Crippen LogP contribution >= 0.6 is 0 Å². The van der Waals surface area contributed by atoms with Gasteiger partial charge in [-0.3, -0.25) is 4.90 Å². The second-order valence-corrected chi connectivity index (χ2v) is 6.03. The highest BCUT2D eigenvalue weighted by Gasteiger charge is 2.22. The minimum absolute atomic E-state index is 0.109. The van der Waals surface area contributed by atoms with E-state index in [1.165, 1.54) is 37.3 Å². The van der Waals surface area contributed by atoms with Crippen LogP contribution in [-0.4, -0.2) is 56.1 Å². The molecule has 1 aliphatic carbocycles. The monoisotopic (exact) mass is 277 g/mol. The Kier molecular flexibility index (Phi) is 4.34. The number of benzene rings is 1. The van der Waals surface area contributed by atoms with E-state index in [-0.39, 0.29) is 5.82 Å². The predicted octanol–water partition coefficient (Wildman–Crippen LogP) is 1.65. The van der Waals surface area contributed by atoms with E-state index in [2.05, 4.69) is 22.2 Å². The third-order valence-corrected chi connectivity index (χ3v) is 4.60. The molecule has 0 radical (unpaired) electrons. The van der Waals surface area contributed by atoms with Crippen LogP contribution in [0.25, 0.3) is 0 Å². The van der Waals surface area contributed by atoms with Gasteiger partial charge in [-0.2, -0.15) is 0 Å². The molecule has 1 fully saturated rings. The summed E-state index contributed by atoms with van der Waals surface area (Å²) in [6.07, 6.45) is 2.10. The molecule has 1 N–H and O–H groups in total. The number of rotatable bonds is 4. The van der Waals surface area contributed by atoms with Crippen molar-refractivity contribution in [3.8, 4) is 0 Å². The summed E-state index contributed by atoms with van der Waals surface area (Å²) in [7, 11) is 2.18. The zero-order valence-corrected chi connectivity index (χ0v) is 12.2. The standard InChI is InChI=1S/C16H24FN3/c1-19-8-10-20(11-9-19)7-6-18-16-5-2-13-12-14(17)3-4-15(13)16/h3-4,12,16,18H,2,5-11H2,1H3. The van der Waals surface area contributed by atoms with Crippen LogP contribution in [0, 0.1) is 5.82 Å². The van der Waals surface area contributed by atoms with Crippen molar-refractivity contribution in [3.05, 3.63) is 35.1 Å². The van der Waals surface area contributed by atoms with Crippen LogP contribution in [0.4, 0.5) is 4.39 Å². The first-order chi connectivity index (χ1) is 9.72. The molecule has 1 aromatic rings. The smallest absolute Gasteiger partial charge is 0.123 e. The molecule has 1 aliphatic heterocycles. The first-order valence-corrected chi connectivity index (χ1v) is 7.65. The fourth-order valence-corrected chi connectivity index (χ4v) is 3.27. The van der Waals surface area contributed by atoms with Crippen molar-refractivity contribution in [2.45, 2.75) is 18.9 Å². The maximum atomic E-state index is 13.2. The average molecular weight is 277 g/mol. The van der Waals surface area contributed by atoms with Crippen molar-refractivity contribution in [2.75, 3.05) is 46.3 Å². The summed E-state index contributed by atoms with van der Waals surface area (Å²) in [6, 6.07) is 5.64. The molecule has 0 bridgehead atoms. The Morgan fingerprint density at radius 2 is 2.05 bits per heavy atom. The Hall–Kier alpha value is -0.970. The molecule has 3 rings (SSSR count). The zero-order chi connectivity index (χ0) is 13.9. The molecule has 3 nitrogen and oxygen atoms in total. The number of nitrogens with one attached hydrogen (secondary N) is 1. The predicted molar refractivity (Wildman–Crippen MR) is 79.4 cm³/mol. The number of hydrogen-bond acceptors (Lipinski definition) is 3. The third kappa shape index (κ3) is 3.19. The molecule has 20 heavy (non-hydrogen) atoms. The van der Waals surface area contributed by atoms with E-state index in [9.17, 15) is 4.39 Å². The van der Waals surface area contributed by atoms with Gasteiger partial charge in [0.25, 0.3) is 0 Å². The van der Waals surface area contributed by atoms with E-state index in [1.54, 1.807) is 12.1 Å². The van der Waals surface area contributed by atoms with Gasteiger partial charge in [0.1, 0.15) is 5.82 Å². The number of aryl methyl sites for hydroxylation is 1. The Bertz CT molecular complexity index is 455. The second kappa shape index (κ2) is 6.20. The third-order valence-electron chi connectivity index (χ3n) is 4.60. The highest BCUT2D eigenvalue weighted by molar-refractivity contribution is 5.34. The van der Waals surface area contributed by atoms with Crippen molar-refractivity contribution in [1.29, 1.82) is 0 Å². The van der Waals surface area contributed by atoms with Crippen LogP contribution in [0.2, 0.25) is 0 Å². The highest BCUT2D eigenvalue weighted by atomic mass is 19.1. The van der Waals surface area contributed by atoms with E-state index < -0.39 is 0 Å². The fraction of sp³-hybridized carbons (Fsp3) is 0.625. The Balaban J connectivity index is 1.46. The van der Waals surface area contributed by atoms with Crippen molar-refractivity contribution < 1.29 is 4.39 Å². The molecule has 0 aromatic heterocycles. The Morgan fingerprint density at radius 3 is 2.85 bits per heavy atom. The molecule has 4 heteroatoms. The molecule has 1 aromatic carbocycles. The van der Waals surface area contributed by atoms with Crippen molar-refractivity contribution in [3.63, 3.8) is 0 Å². The van der Waals surface area contributed by atoms with Crippen LogP contribution in [0.15, 0.2) is 18.2 Å². The van der Waals surface area contributed by atoms with E-state index in [4.69, 9.17) is 0 Å². The van der Waals surface area contributed by atoms with Gasteiger partial charge in [-0.15, -0.1) is 0 Å². The topological polar surface area (TPSA) is 18.5 Å².